The number of carbonyl (C=O) groups is 2. The Morgan fingerprint density at radius 3 is 2.93 bits per heavy atom. The molecule has 8 nitrogen and oxygen atoms in total. The summed E-state index contributed by atoms with van der Waals surface area (Å²) < 4.78 is 1.68. The summed E-state index contributed by atoms with van der Waals surface area (Å²) in [4.78, 5) is 33.7. The molecule has 0 spiro atoms. The summed E-state index contributed by atoms with van der Waals surface area (Å²) >= 11 is 0. The Hall–Kier alpha value is -3.70. The molecule has 140 valence electrons. The van der Waals surface area contributed by atoms with Crippen molar-refractivity contribution < 1.29 is 14.7 Å². The quantitative estimate of drug-likeness (QED) is 0.631. The molecule has 1 aromatic carbocycles. The molecule has 8 heteroatoms. The van der Waals surface area contributed by atoms with E-state index in [2.05, 4.69) is 21.8 Å². The lowest BCUT2D eigenvalue weighted by Gasteiger charge is -2.13. The number of likely N-dealkylation sites (N-methyl/N-ethyl adjacent to an activating group) is 1. The molecule has 1 aliphatic rings. The number of primary amides is 1. The van der Waals surface area contributed by atoms with Crippen LogP contribution in [0.3, 0.4) is 0 Å². The van der Waals surface area contributed by atoms with E-state index < -0.39 is 17.4 Å². The zero-order chi connectivity index (χ0) is 19.9. The molecule has 0 aliphatic carbocycles. The summed E-state index contributed by atoms with van der Waals surface area (Å²) in [7, 11) is 1.63. The highest BCUT2D eigenvalue weighted by molar-refractivity contribution is 5.92. The molecule has 0 unspecified atom stereocenters. The minimum absolute atomic E-state index is 0.117. The summed E-state index contributed by atoms with van der Waals surface area (Å²) in [6.45, 7) is 0.464. The second-order valence-corrected chi connectivity index (χ2v) is 6.66. The highest BCUT2D eigenvalue weighted by atomic mass is 16.3. The number of likely N-dealkylation sites (tertiary alicyclic amines) is 1. The van der Waals surface area contributed by atoms with Gasteiger partial charge in [0.25, 0.3) is 11.8 Å². The van der Waals surface area contributed by atoms with E-state index in [4.69, 9.17) is 5.73 Å². The molecule has 0 bridgehead atoms. The third-order valence-corrected chi connectivity index (χ3v) is 4.69. The fraction of sp³-hybridized carbons (Fsp3) is 0.200. The van der Waals surface area contributed by atoms with Crippen LogP contribution >= 0.6 is 0 Å². The van der Waals surface area contributed by atoms with Gasteiger partial charge in [0.15, 0.2) is 5.65 Å². The van der Waals surface area contributed by atoms with Gasteiger partial charge in [-0.2, -0.15) is 0 Å². The number of carbonyl (C=O) groups excluding carboxylic acids is 2. The highest BCUT2D eigenvalue weighted by Gasteiger charge is 2.42. The molecule has 1 fully saturated rings. The van der Waals surface area contributed by atoms with Gasteiger partial charge < -0.3 is 20.1 Å². The van der Waals surface area contributed by atoms with E-state index in [0.717, 1.165) is 0 Å². The van der Waals surface area contributed by atoms with Gasteiger partial charge in [-0.15, -0.1) is 0 Å². The number of imidazole rings is 1. The van der Waals surface area contributed by atoms with Crippen LogP contribution in [0.15, 0.2) is 42.9 Å². The number of aliphatic hydroxyl groups is 1. The van der Waals surface area contributed by atoms with Crippen LogP contribution in [0.25, 0.3) is 16.9 Å². The molecule has 4 rings (SSSR count). The Labute approximate surface area is 160 Å². The van der Waals surface area contributed by atoms with Crippen molar-refractivity contribution in [3.05, 3.63) is 54.1 Å². The molecule has 2 amide bonds. The smallest absolute Gasteiger partial charge is 0.268 e. The Kier molecular flexibility index (Phi) is 4.09. The number of hydrogen-bond acceptors (Lipinski definition) is 5. The molecule has 3 heterocycles. The van der Waals surface area contributed by atoms with Gasteiger partial charge in [0.1, 0.15) is 11.4 Å². The number of amides is 2. The zero-order valence-electron chi connectivity index (χ0n) is 15.1. The van der Waals surface area contributed by atoms with Gasteiger partial charge in [0.2, 0.25) is 5.60 Å². The molecule has 3 N–H and O–H groups in total. The van der Waals surface area contributed by atoms with Crippen molar-refractivity contribution in [1.82, 2.24) is 19.3 Å². The number of nitrogens with two attached hydrogens (primary N) is 1. The first-order valence-electron chi connectivity index (χ1n) is 8.62. The van der Waals surface area contributed by atoms with Gasteiger partial charge in [-0.1, -0.05) is 24.0 Å². The van der Waals surface area contributed by atoms with E-state index in [-0.39, 0.29) is 12.1 Å². The largest absolute Gasteiger partial charge is 0.369 e. The van der Waals surface area contributed by atoms with Crippen molar-refractivity contribution in [2.24, 2.45) is 5.73 Å². The first-order chi connectivity index (χ1) is 13.4. The third-order valence-electron chi connectivity index (χ3n) is 4.69. The van der Waals surface area contributed by atoms with Crippen LogP contribution in [0.2, 0.25) is 0 Å². The van der Waals surface area contributed by atoms with E-state index in [1.54, 1.807) is 42.0 Å². The van der Waals surface area contributed by atoms with E-state index in [9.17, 15) is 14.7 Å². The van der Waals surface area contributed by atoms with Crippen molar-refractivity contribution in [2.45, 2.75) is 12.0 Å². The minimum atomic E-state index is -1.66. The Bertz CT molecular complexity index is 1170. The van der Waals surface area contributed by atoms with Crippen molar-refractivity contribution in [3.8, 4) is 23.1 Å². The van der Waals surface area contributed by atoms with Crippen LogP contribution < -0.4 is 5.73 Å². The lowest BCUT2D eigenvalue weighted by Crippen LogP contribution is -2.37. The minimum Gasteiger partial charge on any atom is -0.369 e. The number of nitrogens with zero attached hydrogens (tertiary/aromatic N) is 4. The van der Waals surface area contributed by atoms with Crippen LogP contribution in [0.1, 0.15) is 22.5 Å². The molecular formula is C20H17N5O3. The molecular weight excluding hydrogens is 358 g/mol. The fourth-order valence-corrected chi connectivity index (χ4v) is 3.13. The maximum atomic E-state index is 12.1. The fourth-order valence-electron chi connectivity index (χ4n) is 3.13. The molecule has 0 saturated carbocycles. The summed E-state index contributed by atoms with van der Waals surface area (Å²) in [5.41, 5.74) is 6.19. The van der Waals surface area contributed by atoms with E-state index >= 15 is 0 Å². The van der Waals surface area contributed by atoms with Crippen molar-refractivity contribution in [2.75, 3.05) is 13.6 Å². The predicted octanol–water partition coefficient (Wildman–Crippen LogP) is 0.440. The number of fused-ring (bicyclic) bond motifs is 1. The molecule has 1 atom stereocenters. The van der Waals surface area contributed by atoms with Crippen molar-refractivity contribution in [1.29, 1.82) is 0 Å². The maximum Gasteiger partial charge on any atom is 0.268 e. The van der Waals surface area contributed by atoms with Gasteiger partial charge in [-0.05, 0) is 12.1 Å². The van der Waals surface area contributed by atoms with Crippen LogP contribution in [0.4, 0.5) is 0 Å². The molecule has 0 radical (unpaired) electrons. The average molecular weight is 375 g/mol. The summed E-state index contributed by atoms with van der Waals surface area (Å²) in [6.07, 6.45) is 5.10. The highest BCUT2D eigenvalue weighted by Crippen LogP contribution is 2.24. The van der Waals surface area contributed by atoms with Crippen molar-refractivity contribution in [3.63, 3.8) is 0 Å². The van der Waals surface area contributed by atoms with Crippen LogP contribution in [0.5, 0.6) is 0 Å². The normalized spacial score (nSPS) is 18.9. The van der Waals surface area contributed by atoms with Gasteiger partial charge in [-0.3, -0.25) is 9.59 Å². The summed E-state index contributed by atoms with van der Waals surface area (Å²) in [5.74, 6) is 4.53. The van der Waals surface area contributed by atoms with Gasteiger partial charge in [0.05, 0.1) is 0 Å². The van der Waals surface area contributed by atoms with Crippen LogP contribution in [-0.4, -0.2) is 55.4 Å². The lowest BCUT2D eigenvalue weighted by atomic mass is 10.0. The Morgan fingerprint density at radius 2 is 2.21 bits per heavy atom. The first kappa shape index (κ1) is 17.7. The molecule has 2 aromatic heterocycles. The zero-order valence-corrected chi connectivity index (χ0v) is 15.1. The topological polar surface area (TPSA) is 114 Å². The molecule has 1 aliphatic heterocycles. The monoisotopic (exact) mass is 375 g/mol. The van der Waals surface area contributed by atoms with Gasteiger partial charge in [0, 0.05) is 49.7 Å². The second-order valence-electron chi connectivity index (χ2n) is 6.66. The molecule has 3 aromatic rings. The van der Waals surface area contributed by atoms with Crippen LogP contribution in [-0.2, 0) is 4.79 Å². The SMILES string of the molecule is CN1CC[C@@](O)(C#Cc2cccc(-c3nc(C(N)=O)cn4ccnc34)c2)C1=O. The van der Waals surface area contributed by atoms with Crippen LogP contribution in [0, 0.1) is 11.8 Å². The number of hydrogen-bond donors (Lipinski definition) is 2. The van der Waals surface area contributed by atoms with Gasteiger partial charge >= 0.3 is 0 Å². The maximum absolute atomic E-state index is 12.1. The predicted molar refractivity (Wildman–Crippen MR) is 101 cm³/mol. The Morgan fingerprint density at radius 1 is 1.39 bits per heavy atom. The molecule has 28 heavy (non-hydrogen) atoms. The molecule has 1 saturated heterocycles. The van der Waals surface area contributed by atoms with Gasteiger partial charge in [-0.25, -0.2) is 9.97 Å². The second kappa shape index (κ2) is 6.48. The standard InChI is InChI=1S/C20H17N5O3/c1-24-9-7-20(28,19(24)27)6-5-13-3-2-4-14(11-13)16-18-22-8-10-25(18)12-15(23-16)17(21)26/h2-4,8,10-12,28H,7,9H2,1H3,(H2,21,26)/t20-/m0/s1. The average Bonchev–Trinajstić information content (AvgIpc) is 3.27. The van der Waals surface area contributed by atoms with Crippen molar-refractivity contribution >= 4 is 17.5 Å². The van der Waals surface area contributed by atoms with E-state index in [0.29, 0.717) is 29.0 Å². The number of benzene rings is 1. The van der Waals surface area contributed by atoms with E-state index in [1.165, 1.54) is 11.1 Å². The summed E-state index contributed by atoms with van der Waals surface area (Å²) in [6, 6.07) is 7.13. The van der Waals surface area contributed by atoms with E-state index in [1.807, 2.05) is 6.07 Å². The lowest BCUT2D eigenvalue weighted by molar-refractivity contribution is -0.137. The summed E-state index contributed by atoms with van der Waals surface area (Å²) in [5, 5.41) is 10.4. The first-order valence-corrected chi connectivity index (χ1v) is 8.62. The Balaban J connectivity index is 1.76. The number of aromatic nitrogens is 3. The number of rotatable bonds is 2. The third kappa shape index (κ3) is 2.98.